The molecule has 1 N–H and O–H groups in total. The fourth-order valence-electron chi connectivity index (χ4n) is 3.24. The second-order valence-electron chi connectivity index (χ2n) is 5.61. The third-order valence-electron chi connectivity index (χ3n) is 4.19. The van der Waals surface area contributed by atoms with Gasteiger partial charge in [-0.05, 0) is 39.2 Å². The first kappa shape index (κ1) is 15.5. The zero-order valence-electron chi connectivity index (χ0n) is 13.4. The van der Waals surface area contributed by atoms with Crippen LogP contribution in [-0.4, -0.2) is 29.0 Å². The van der Waals surface area contributed by atoms with E-state index in [-0.39, 0.29) is 0 Å². The quantitative estimate of drug-likeness (QED) is 0.834. The third-order valence-corrected chi connectivity index (χ3v) is 4.19. The molecule has 2 heterocycles. The molecular formula is C16H29N3O. The Balaban J connectivity index is 2.26. The molecule has 1 aliphatic heterocycles. The molecule has 0 amide bonds. The van der Waals surface area contributed by atoms with E-state index in [0.29, 0.717) is 12.1 Å². The maximum absolute atomic E-state index is 5.77. The number of rotatable bonds is 7. The molecule has 0 aromatic carbocycles. The van der Waals surface area contributed by atoms with E-state index in [9.17, 15) is 0 Å². The van der Waals surface area contributed by atoms with E-state index >= 15 is 0 Å². The fourth-order valence-corrected chi connectivity index (χ4v) is 3.24. The Morgan fingerprint density at radius 3 is 2.70 bits per heavy atom. The van der Waals surface area contributed by atoms with Crippen LogP contribution in [0.15, 0.2) is 0 Å². The smallest absolute Gasteiger partial charge is 0.0771 e. The molecule has 20 heavy (non-hydrogen) atoms. The second-order valence-corrected chi connectivity index (χ2v) is 5.61. The van der Waals surface area contributed by atoms with Crippen LogP contribution in [0.1, 0.15) is 63.5 Å². The molecule has 4 nitrogen and oxygen atoms in total. The third kappa shape index (κ3) is 3.23. The predicted molar refractivity (Wildman–Crippen MR) is 82.0 cm³/mol. The van der Waals surface area contributed by atoms with Crippen LogP contribution in [0.4, 0.5) is 0 Å². The lowest BCUT2D eigenvalue weighted by Gasteiger charge is -2.16. The molecule has 0 bridgehead atoms. The summed E-state index contributed by atoms with van der Waals surface area (Å²) in [7, 11) is 0. The number of hydrogen-bond donors (Lipinski definition) is 1. The molecule has 0 aliphatic carbocycles. The molecule has 1 aromatic rings. The summed E-state index contributed by atoms with van der Waals surface area (Å²) < 4.78 is 7.98. The molecule has 2 rings (SSSR count). The van der Waals surface area contributed by atoms with Crippen molar-refractivity contribution in [2.75, 3.05) is 13.2 Å². The molecule has 4 heteroatoms. The van der Waals surface area contributed by atoms with Gasteiger partial charge >= 0.3 is 0 Å². The Labute approximate surface area is 122 Å². The summed E-state index contributed by atoms with van der Waals surface area (Å²) in [6.07, 6.45) is 4.74. The highest BCUT2D eigenvalue weighted by atomic mass is 16.5. The average molecular weight is 279 g/mol. The summed E-state index contributed by atoms with van der Waals surface area (Å²) in [4.78, 5) is 0. The van der Waals surface area contributed by atoms with E-state index < -0.39 is 0 Å². The summed E-state index contributed by atoms with van der Waals surface area (Å²) in [5, 5.41) is 8.40. The highest BCUT2D eigenvalue weighted by Gasteiger charge is 2.23. The van der Waals surface area contributed by atoms with Gasteiger partial charge in [0.05, 0.1) is 18.3 Å². The van der Waals surface area contributed by atoms with Crippen LogP contribution < -0.4 is 5.32 Å². The second kappa shape index (κ2) is 7.23. The van der Waals surface area contributed by atoms with Crippen molar-refractivity contribution in [3.05, 3.63) is 17.0 Å². The normalized spacial score (nSPS) is 20.5. The van der Waals surface area contributed by atoms with Crippen LogP contribution in [0, 0.1) is 0 Å². The number of aromatic nitrogens is 2. The summed E-state index contributed by atoms with van der Waals surface area (Å²) in [5.41, 5.74) is 4.04. The van der Waals surface area contributed by atoms with Gasteiger partial charge in [0.15, 0.2) is 0 Å². The Morgan fingerprint density at radius 2 is 2.15 bits per heavy atom. The number of nitrogens with zero attached hydrogens (tertiary/aromatic N) is 2. The standard InChI is InChI=1S/C16H29N3O/c1-5-14-16(12(4)17-7-3)15(6-2)19(18-14)11-13-9-8-10-20-13/h12-13,17H,5-11H2,1-4H3. The SMILES string of the molecule is CCNC(C)c1c(CC)nn(CC2CCCO2)c1CC. The van der Waals surface area contributed by atoms with Crippen LogP contribution in [-0.2, 0) is 24.1 Å². The molecule has 0 saturated carbocycles. The van der Waals surface area contributed by atoms with Crippen LogP contribution in [0.25, 0.3) is 0 Å². The molecule has 114 valence electrons. The Kier molecular flexibility index (Phi) is 5.61. The highest BCUT2D eigenvalue weighted by molar-refractivity contribution is 5.30. The lowest BCUT2D eigenvalue weighted by atomic mass is 10.0. The van der Waals surface area contributed by atoms with Crippen LogP contribution in [0.3, 0.4) is 0 Å². The lowest BCUT2D eigenvalue weighted by Crippen LogP contribution is -2.21. The number of nitrogens with one attached hydrogen (secondary N) is 1. The molecule has 2 atom stereocenters. The maximum Gasteiger partial charge on any atom is 0.0771 e. The minimum Gasteiger partial charge on any atom is -0.376 e. The molecule has 2 unspecified atom stereocenters. The van der Waals surface area contributed by atoms with Gasteiger partial charge in [0, 0.05) is 23.9 Å². The zero-order chi connectivity index (χ0) is 14.5. The minimum absolute atomic E-state index is 0.354. The minimum atomic E-state index is 0.354. The van der Waals surface area contributed by atoms with Gasteiger partial charge in [0.2, 0.25) is 0 Å². The van der Waals surface area contributed by atoms with Crippen LogP contribution in [0.2, 0.25) is 0 Å². The number of aryl methyl sites for hydroxylation is 1. The summed E-state index contributed by atoms with van der Waals surface area (Å²) in [6.45, 7) is 11.6. The summed E-state index contributed by atoms with van der Waals surface area (Å²) in [6, 6.07) is 0.378. The van der Waals surface area contributed by atoms with Crippen molar-refractivity contribution < 1.29 is 4.74 Å². The van der Waals surface area contributed by atoms with E-state index in [4.69, 9.17) is 9.84 Å². The predicted octanol–water partition coefficient (Wildman–Crippen LogP) is 2.86. The van der Waals surface area contributed by atoms with Gasteiger partial charge in [0.1, 0.15) is 0 Å². The molecule has 1 aromatic heterocycles. The molecular weight excluding hydrogens is 250 g/mol. The van der Waals surface area contributed by atoms with Crippen molar-refractivity contribution in [2.45, 2.75) is 72.1 Å². The fraction of sp³-hybridized carbons (Fsp3) is 0.812. The first-order chi connectivity index (χ1) is 9.71. The highest BCUT2D eigenvalue weighted by Crippen LogP contribution is 2.25. The van der Waals surface area contributed by atoms with Gasteiger partial charge in [-0.1, -0.05) is 20.8 Å². The van der Waals surface area contributed by atoms with Gasteiger partial charge in [-0.15, -0.1) is 0 Å². The van der Waals surface area contributed by atoms with Gasteiger partial charge in [-0.3, -0.25) is 4.68 Å². The van der Waals surface area contributed by atoms with Gasteiger partial charge in [0.25, 0.3) is 0 Å². The van der Waals surface area contributed by atoms with Crippen molar-refractivity contribution in [3.8, 4) is 0 Å². The molecule has 1 aliphatic rings. The van der Waals surface area contributed by atoms with Crippen LogP contribution >= 0.6 is 0 Å². The number of ether oxygens (including phenoxy) is 1. The largest absolute Gasteiger partial charge is 0.376 e. The number of hydrogen-bond acceptors (Lipinski definition) is 3. The lowest BCUT2D eigenvalue weighted by molar-refractivity contribution is 0.0931. The van der Waals surface area contributed by atoms with Crippen molar-refractivity contribution >= 4 is 0 Å². The Hall–Kier alpha value is -0.870. The first-order valence-electron chi connectivity index (χ1n) is 8.14. The van der Waals surface area contributed by atoms with E-state index in [1.54, 1.807) is 0 Å². The van der Waals surface area contributed by atoms with Crippen molar-refractivity contribution in [1.82, 2.24) is 15.1 Å². The van der Waals surface area contributed by atoms with Gasteiger partial charge in [-0.2, -0.15) is 5.10 Å². The van der Waals surface area contributed by atoms with Gasteiger partial charge < -0.3 is 10.1 Å². The van der Waals surface area contributed by atoms with Crippen LogP contribution in [0.5, 0.6) is 0 Å². The van der Waals surface area contributed by atoms with Gasteiger partial charge in [-0.25, -0.2) is 0 Å². The van der Waals surface area contributed by atoms with Crippen molar-refractivity contribution in [1.29, 1.82) is 0 Å². The Bertz CT molecular complexity index is 422. The maximum atomic E-state index is 5.77. The van der Waals surface area contributed by atoms with Crippen molar-refractivity contribution in [2.24, 2.45) is 0 Å². The van der Waals surface area contributed by atoms with Crippen molar-refractivity contribution in [3.63, 3.8) is 0 Å². The molecule has 1 fully saturated rings. The average Bonchev–Trinajstić information content (AvgIpc) is 3.06. The Morgan fingerprint density at radius 1 is 1.35 bits per heavy atom. The monoisotopic (exact) mass is 279 g/mol. The topological polar surface area (TPSA) is 39.1 Å². The van der Waals surface area contributed by atoms with E-state index in [1.165, 1.54) is 29.8 Å². The molecule has 0 radical (unpaired) electrons. The molecule has 0 spiro atoms. The molecule has 1 saturated heterocycles. The van der Waals surface area contributed by atoms with E-state index in [0.717, 1.165) is 32.5 Å². The summed E-state index contributed by atoms with van der Waals surface area (Å²) in [5.74, 6) is 0. The van der Waals surface area contributed by atoms with E-state index in [1.807, 2.05) is 0 Å². The summed E-state index contributed by atoms with van der Waals surface area (Å²) >= 11 is 0. The zero-order valence-corrected chi connectivity index (χ0v) is 13.4. The van der Waals surface area contributed by atoms with E-state index in [2.05, 4.69) is 37.7 Å². The first-order valence-corrected chi connectivity index (χ1v) is 8.14.